The topological polar surface area (TPSA) is 12.9 Å². The molecule has 0 N–H and O–H groups in total. The van der Waals surface area contributed by atoms with Crippen molar-refractivity contribution in [2.45, 2.75) is 13.3 Å². The molecule has 1 radical (unpaired) electrons. The molecule has 1 aromatic heterocycles. The molecule has 0 aliphatic heterocycles. The molecule has 0 atom stereocenters. The molecule has 57 valence electrons. The van der Waals surface area contributed by atoms with Crippen LogP contribution < -0.4 is 0 Å². The third kappa shape index (κ3) is 4.14. The summed E-state index contributed by atoms with van der Waals surface area (Å²) in [7, 11) is 0. The molecular formula is C8H10NReRf-. The van der Waals surface area contributed by atoms with Gasteiger partial charge >= 0.3 is 0 Å². The van der Waals surface area contributed by atoms with Crippen LogP contribution in [0.3, 0.4) is 0 Å². The maximum absolute atomic E-state index is 4.11. The molecule has 1 heterocycles. The number of hydrogen-bond donors (Lipinski definition) is 0. The van der Waals surface area contributed by atoms with Crippen molar-refractivity contribution >= 4 is 0 Å². The van der Waals surface area contributed by atoms with E-state index >= 15 is 0 Å². The largest absolute Gasteiger partial charge is 0.295 e. The minimum absolute atomic E-state index is 0. The van der Waals surface area contributed by atoms with E-state index in [1.54, 1.807) is 0 Å². The molecule has 1 nitrogen and oxygen atoms in total. The van der Waals surface area contributed by atoms with E-state index < -0.39 is 0 Å². The Hall–Kier alpha value is -1.32. The van der Waals surface area contributed by atoms with E-state index in [0.717, 1.165) is 12.1 Å². The van der Waals surface area contributed by atoms with Crippen LogP contribution in [0.4, 0.5) is 0 Å². The van der Waals surface area contributed by atoms with Crippen molar-refractivity contribution in [1.29, 1.82) is 0 Å². The van der Waals surface area contributed by atoms with Crippen LogP contribution >= 0.6 is 0 Å². The van der Waals surface area contributed by atoms with Crippen LogP contribution in [0.5, 0.6) is 0 Å². The Balaban J connectivity index is 0. The van der Waals surface area contributed by atoms with Gasteiger partial charge in [0, 0.05) is 26.6 Å². The number of rotatable bonds is 2. The molecule has 11 heavy (non-hydrogen) atoms. The standard InChI is InChI=1S/C8H10N.Re.Rf/c1-2-5-8-6-3-4-7-9-8;;/h3-7H,2H2,1H3;;/q-1;;. The Morgan fingerprint density at radius 2 is 2.18 bits per heavy atom. The van der Waals surface area contributed by atoms with Gasteiger partial charge in [-0.2, -0.15) is 6.07 Å². The number of nitrogens with zero attached hydrogens (tertiary/aromatic N) is 1. The van der Waals surface area contributed by atoms with Crippen molar-refractivity contribution < 1.29 is 20.4 Å². The van der Waals surface area contributed by atoms with Gasteiger partial charge in [0.1, 0.15) is 0 Å². The number of aromatic nitrogens is 1. The second kappa shape index (κ2) is 6.80. The molecule has 1 aromatic rings. The summed E-state index contributed by atoms with van der Waals surface area (Å²) in [6.45, 7) is 2.11. The third-order valence-electron chi connectivity index (χ3n) is 1.10. The Morgan fingerprint density at radius 3 is 2.64 bits per heavy atom. The summed E-state index contributed by atoms with van der Waals surface area (Å²) in [4.78, 5) is 4.11. The molecule has 3 heteroatoms. The van der Waals surface area contributed by atoms with Crippen molar-refractivity contribution in [2.24, 2.45) is 0 Å². The molecular weight excluding hydrogens is 563 g/mol. The summed E-state index contributed by atoms with van der Waals surface area (Å²) in [6.07, 6.45) is 4.96. The molecule has 1 rings (SSSR count). The fraction of sp³-hybridized carbons (Fsp3) is 0.250. The van der Waals surface area contributed by atoms with Crippen LogP contribution in [-0.4, -0.2) is 4.98 Å². The molecule has 0 aliphatic carbocycles. The molecule has 0 amide bonds. The molecule has 0 spiro atoms. The molecule has 0 unspecified atom stereocenters. The Bertz CT molecular complexity index is 167. The summed E-state index contributed by atoms with van der Waals surface area (Å²) >= 11 is 0. The Kier molecular flexibility index (Phi) is 7.64. The first-order valence-electron chi connectivity index (χ1n) is 3.17. The van der Waals surface area contributed by atoms with E-state index in [1.807, 2.05) is 24.4 Å². The Morgan fingerprint density at radius 1 is 1.45 bits per heavy atom. The monoisotopic (exact) mass is 574 g/mol. The first kappa shape index (κ1) is 12.4. The fourth-order valence-electron chi connectivity index (χ4n) is 0.706. The minimum Gasteiger partial charge on any atom is -0.295 e. The average molecular weight is 573 g/mol. The van der Waals surface area contributed by atoms with E-state index in [1.165, 1.54) is 0 Å². The summed E-state index contributed by atoms with van der Waals surface area (Å²) in [5.74, 6) is 0. The summed E-state index contributed by atoms with van der Waals surface area (Å²) in [6, 6.07) is 5.92. The average Bonchev–Trinajstić information content (AvgIpc) is 1.91. The second-order valence-corrected chi connectivity index (χ2v) is 1.87. The van der Waals surface area contributed by atoms with Gasteiger partial charge in [0.15, 0.2) is 0 Å². The Labute approximate surface area is 75.5 Å². The second-order valence-electron chi connectivity index (χ2n) is 1.87. The van der Waals surface area contributed by atoms with Crippen molar-refractivity contribution in [3.8, 4) is 0 Å². The van der Waals surface area contributed by atoms with Gasteiger partial charge in [0.05, 0.1) is 0 Å². The normalized spacial score (nSPS) is 7.36. The molecule has 0 fully saturated rings. The van der Waals surface area contributed by atoms with Crippen molar-refractivity contribution in [3.05, 3.63) is 36.5 Å². The van der Waals surface area contributed by atoms with Gasteiger partial charge in [-0.15, -0.1) is 12.5 Å². The predicted molar refractivity (Wildman–Crippen MR) is 37.9 cm³/mol. The van der Waals surface area contributed by atoms with Crippen LogP contribution in [0.15, 0.2) is 24.4 Å². The molecule has 0 aromatic carbocycles. The van der Waals surface area contributed by atoms with Gasteiger partial charge < -0.3 is 0 Å². The van der Waals surface area contributed by atoms with Crippen LogP contribution in [0.25, 0.3) is 0 Å². The first-order chi connectivity index (χ1) is 4.43. The van der Waals surface area contributed by atoms with E-state index in [2.05, 4.69) is 18.3 Å². The SMILES string of the molecule is CC[CH-]c1ccccn1.[Re].[Rf]. The van der Waals surface area contributed by atoms with Gasteiger partial charge in [-0.3, -0.25) is 4.98 Å². The maximum atomic E-state index is 4.11. The fourth-order valence-corrected chi connectivity index (χ4v) is 0.706. The zero-order chi connectivity index (χ0) is 6.53. The van der Waals surface area contributed by atoms with Crippen molar-refractivity contribution in [2.75, 3.05) is 0 Å². The van der Waals surface area contributed by atoms with Gasteiger partial charge in [-0.05, 0) is 0 Å². The molecule has 0 saturated carbocycles. The zero-order valence-corrected chi connectivity index (χ0v) is 15.7. The molecule has 0 aliphatic rings. The van der Waals surface area contributed by atoms with Crippen molar-refractivity contribution in [3.63, 3.8) is 0 Å². The van der Waals surface area contributed by atoms with E-state index in [-0.39, 0.29) is 20.4 Å². The quantitative estimate of drug-likeness (QED) is 0.494. The third-order valence-corrected chi connectivity index (χ3v) is 1.10. The van der Waals surface area contributed by atoms with Crippen LogP contribution in [0, 0.1) is 6.42 Å². The zero-order valence-electron chi connectivity index (χ0n) is 6.63. The van der Waals surface area contributed by atoms with Gasteiger partial charge in [-0.25, -0.2) is 6.42 Å². The van der Waals surface area contributed by atoms with Crippen molar-refractivity contribution in [1.82, 2.24) is 4.98 Å². The van der Waals surface area contributed by atoms with Crippen LogP contribution in [0.1, 0.15) is 19.0 Å². The van der Waals surface area contributed by atoms with E-state index in [4.69, 9.17) is 0 Å². The maximum Gasteiger partial charge on any atom is 0.0222 e. The van der Waals surface area contributed by atoms with Gasteiger partial charge in [-0.1, -0.05) is 18.7 Å². The van der Waals surface area contributed by atoms with Gasteiger partial charge in [0.25, 0.3) is 0 Å². The van der Waals surface area contributed by atoms with Crippen LogP contribution in [-0.2, 0) is 20.4 Å². The predicted octanol–water partition coefficient (Wildman–Crippen LogP) is 2.04. The van der Waals surface area contributed by atoms with Gasteiger partial charge in [0.2, 0.25) is 0 Å². The minimum atomic E-state index is 0. The molecule has 0 bridgehead atoms. The smallest absolute Gasteiger partial charge is 0.0222 e. The van der Waals surface area contributed by atoms with E-state index in [0.29, 0.717) is 0 Å². The molecule has 0 saturated heterocycles. The summed E-state index contributed by atoms with van der Waals surface area (Å²) in [5, 5.41) is 0. The van der Waals surface area contributed by atoms with E-state index in [9.17, 15) is 0 Å². The summed E-state index contributed by atoms with van der Waals surface area (Å²) in [5.41, 5.74) is 1.07. The number of pyridine rings is 1. The number of hydrogen-bond acceptors (Lipinski definition) is 1. The summed E-state index contributed by atoms with van der Waals surface area (Å²) < 4.78 is 0. The first-order valence-corrected chi connectivity index (χ1v) is 3.17. The van der Waals surface area contributed by atoms with Crippen LogP contribution in [0.2, 0.25) is 0 Å².